The Morgan fingerprint density at radius 3 is 2.33 bits per heavy atom. The van der Waals surface area contributed by atoms with Gasteiger partial charge in [0.1, 0.15) is 23.2 Å². The number of phenolic OH excluding ortho intramolecular Hbond substituents is 4. The first-order valence-corrected chi connectivity index (χ1v) is 6.24. The summed E-state index contributed by atoms with van der Waals surface area (Å²) < 4.78 is 5.61. The lowest BCUT2D eigenvalue weighted by Crippen LogP contribution is -2.20. The Hall–Kier alpha value is -2.89. The average molecular weight is 288 g/mol. The molecule has 0 aliphatic carbocycles. The molecule has 0 spiro atoms. The Labute approximate surface area is 119 Å². The summed E-state index contributed by atoms with van der Waals surface area (Å²) in [5, 5.41) is 38.0. The summed E-state index contributed by atoms with van der Waals surface area (Å²) in [6, 6.07) is 7.29. The minimum atomic E-state index is -0.742. The number of carbonyl (C=O) groups is 1. The summed E-state index contributed by atoms with van der Waals surface area (Å²) in [7, 11) is 0. The first kappa shape index (κ1) is 13.1. The lowest BCUT2D eigenvalue weighted by atomic mass is 9.95. The van der Waals surface area contributed by atoms with Gasteiger partial charge in [0.15, 0.2) is 17.3 Å². The van der Waals surface area contributed by atoms with Crippen molar-refractivity contribution in [1.29, 1.82) is 0 Å². The molecule has 2 aromatic rings. The van der Waals surface area contributed by atoms with E-state index in [1.165, 1.54) is 12.1 Å². The number of benzene rings is 2. The second kappa shape index (κ2) is 4.59. The van der Waals surface area contributed by atoms with Crippen molar-refractivity contribution in [3.8, 4) is 28.7 Å². The van der Waals surface area contributed by atoms with E-state index in [0.29, 0.717) is 5.56 Å². The zero-order valence-corrected chi connectivity index (χ0v) is 10.8. The monoisotopic (exact) mass is 288 g/mol. The molecule has 6 heteroatoms. The molecule has 0 fully saturated rings. The zero-order valence-electron chi connectivity index (χ0n) is 10.8. The molecule has 0 saturated carbocycles. The summed E-state index contributed by atoms with van der Waals surface area (Å²) in [6.07, 6.45) is -0.607. The van der Waals surface area contributed by atoms with Gasteiger partial charge in [-0.05, 0) is 17.7 Å². The number of Topliss-reactive ketones (excluding diaryl/α,β-unsaturated/α-hetero) is 1. The van der Waals surface area contributed by atoms with Gasteiger partial charge >= 0.3 is 0 Å². The quantitative estimate of drug-likeness (QED) is 0.599. The molecule has 1 atom stereocenters. The summed E-state index contributed by atoms with van der Waals surface area (Å²) in [4.78, 5) is 12.1. The Morgan fingerprint density at radius 1 is 1.00 bits per heavy atom. The summed E-state index contributed by atoms with van der Waals surface area (Å²) >= 11 is 0. The number of ketones is 1. The predicted molar refractivity (Wildman–Crippen MR) is 71.9 cm³/mol. The molecule has 1 aliphatic rings. The summed E-state index contributed by atoms with van der Waals surface area (Å²) in [6.45, 7) is 0. The lowest BCUT2D eigenvalue weighted by Gasteiger charge is -2.26. The average Bonchev–Trinajstić information content (AvgIpc) is 2.45. The Kier molecular flexibility index (Phi) is 2.86. The van der Waals surface area contributed by atoms with Gasteiger partial charge in [0.2, 0.25) is 5.75 Å². The number of fused-ring (bicyclic) bond motifs is 1. The zero-order chi connectivity index (χ0) is 15.1. The van der Waals surface area contributed by atoms with Crippen LogP contribution >= 0.6 is 0 Å². The molecule has 108 valence electrons. The molecular weight excluding hydrogens is 276 g/mol. The number of carbonyl (C=O) groups excluding carboxylic acids is 1. The highest BCUT2D eigenvalue weighted by Crippen LogP contribution is 2.47. The maximum absolute atomic E-state index is 12.1. The van der Waals surface area contributed by atoms with E-state index in [-0.39, 0.29) is 23.5 Å². The number of aromatic hydroxyl groups is 4. The fourth-order valence-corrected chi connectivity index (χ4v) is 2.32. The number of hydrogen-bond donors (Lipinski definition) is 4. The van der Waals surface area contributed by atoms with E-state index < -0.39 is 29.1 Å². The van der Waals surface area contributed by atoms with Crippen molar-refractivity contribution >= 4 is 5.78 Å². The molecule has 0 amide bonds. The summed E-state index contributed by atoms with van der Waals surface area (Å²) in [5.41, 5.74) is 0.541. The van der Waals surface area contributed by atoms with Gasteiger partial charge in [0, 0.05) is 6.07 Å². The molecule has 4 N–H and O–H groups in total. The van der Waals surface area contributed by atoms with Crippen molar-refractivity contribution in [2.24, 2.45) is 0 Å². The molecule has 21 heavy (non-hydrogen) atoms. The first-order valence-electron chi connectivity index (χ1n) is 6.24. The Balaban J connectivity index is 2.03. The van der Waals surface area contributed by atoms with E-state index >= 15 is 0 Å². The maximum Gasteiger partial charge on any atom is 0.201 e. The van der Waals surface area contributed by atoms with Gasteiger partial charge in [0.05, 0.1) is 6.42 Å². The standard InChI is InChI=1S/C15H12O6/c16-8-3-1-7(2-4-8)11-5-9(17)13-12(21-11)6-10(18)14(19)15(13)20/h1-4,6,11,16,18-20H,5H2/t11-/m1/s1. The van der Waals surface area contributed by atoms with E-state index in [0.717, 1.165) is 6.07 Å². The fourth-order valence-electron chi connectivity index (χ4n) is 2.32. The third-order valence-electron chi connectivity index (χ3n) is 3.40. The fraction of sp³-hybridized carbons (Fsp3) is 0.133. The maximum atomic E-state index is 12.1. The van der Waals surface area contributed by atoms with Crippen LogP contribution < -0.4 is 4.74 Å². The Morgan fingerprint density at radius 2 is 1.67 bits per heavy atom. The lowest BCUT2D eigenvalue weighted by molar-refractivity contribution is 0.0843. The molecule has 0 radical (unpaired) electrons. The van der Waals surface area contributed by atoms with E-state index in [1.807, 2.05) is 0 Å². The third kappa shape index (κ3) is 2.10. The van der Waals surface area contributed by atoms with Crippen LogP contribution in [0, 0.1) is 0 Å². The van der Waals surface area contributed by atoms with Gasteiger partial charge in [-0.3, -0.25) is 4.79 Å². The van der Waals surface area contributed by atoms with Crippen molar-refractivity contribution in [3.05, 3.63) is 41.5 Å². The van der Waals surface area contributed by atoms with Crippen molar-refractivity contribution in [3.63, 3.8) is 0 Å². The second-order valence-corrected chi connectivity index (χ2v) is 4.79. The van der Waals surface area contributed by atoms with E-state index in [2.05, 4.69) is 0 Å². The van der Waals surface area contributed by atoms with Crippen LogP contribution in [0.5, 0.6) is 28.7 Å². The molecule has 0 unspecified atom stereocenters. The number of ether oxygens (including phenoxy) is 1. The van der Waals surface area contributed by atoms with Crippen LogP contribution in [0.15, 0.2) is 30.3 Å². The highest BCUT2D eigenvalue weighted by Gasteiger charge is 2.32. The molecule has 2 aromatic carbocycles. The van der Waals surface area contributed by atoms with Crippen molar-refractivity contribution in [2.75, 3.05) is 0 Å². The smallest absolute Gasteiger partial charge is 0.201 e. The number of phenols is 4. The number of rotatable bonds is 1. The SMILES string of the molecule is O=C1C[C@H](c2ccc(O)cc2)Oc2cc(O)c(O)c(O)c21. The second-order valence-electron chi connectivity index (χ2n) is 4.79. The van der Waals surface area contributed by atoms with E-state index in [9.17, 15) is 25.2 Å². The molecule has 1 heterocycles. The van der Waals surface area contributed by atoms with Crippen molar-refractivity contribution < 1.29 is 30.0 Å². The summed E-state index contributed by atoms with van der Waals surface area (Å²) in [5.74, 6) is -2.28. The molecule has 0 aromatic heterocycles. The molecule has 3 rings (SSSR count). The first-order chi connectivity index (χ1) is 9.97. The number of hydrogen-bond acceptors (Lipinski definition) is 6. The highest BCUT2D eigenvalue weighted by molar-refractivity contribution is 6.03. The van der Waals surface area contributed by atoms with Gasteiger partial charge in [0.25, 0.3) is 0 Å². The molecular formula is C15H12O6. The van der Waals surface area contributed by atoms with Gasteiger partial charge in [-0.15, -0.1) is 0 Å². The molecule has 6 nitrogen and oxygen atoms in total. The van der Waals surface area contributed by atoms with Crippen LogP contribution in [0.25, 0.3) is 0 Å². The van der Waals surface area contributed by atoms with Crippen LogP contribution in [0.4, 0.5) is 0 Å². The van der Waals surface area contributed by atoms with E-state index in [4.69, 9.17) is 4.74 Å². The van der Waals surface area contributed by atoms with Crippen LogP contribution in [-0.4, -0.2) is 26.2 Å². The topological polar surface area (TPSA) is 107 Å². The van der Waals surface area contributed by atoms with E-state index in [1.54, 1.807) is 12.1 Å². The molecule has 0 bridgehead atoms. The van der Waals surface area contributed by atoms with Crippen LogP contribution in [-0.2, 0) is 0 Å². The van der Waals surface area contributed by atoms with Gasteiger partial charge in [-0.25, -0.2) is 0 Å². The molecule has 1 aliphatic heterocycles. The third-order valence-corrected chi connectivity index (χ3v) is 3.40. The normalized spacial score (nSPS) is 17.1. The minimum absolute atomic E-state index is 0.0112. The Bertz CT molecular complexity index is 720. The van der Waals surface area contributed by atoms with Gasteiger partial charge in [-0.1, -0.05) is 12.1 Å². The van der Waals surface area contributed by atoms with Crippen molar-refractivity contribution in [2.45, 2.75) is 12.5 Å². The minimum Gasteiger partial charge on any atom is -0.508 e. The predicted octanol–water partition coefficient (Wildman–Crippen LogP) is 2.22. The van der Waals surface area contributed by atoms with Crippen LogP contribution in [0.3, 0.4) is 0 Å². The highest BCUT2D eigenvalue weighted by atomic mass is 16.5. The molecule has 0 saturated heterocycles. The van der Waals surface area contributed by atoms with Crippen LogP contribution in [0.1, 0.15) is 28.4 Å². The van der Waals surface area contributed by atoms with Crippen molar-refractivity contribution in [1.82, 2.24) is 0 Å². The largest absolute Gasteiger partial charge is 0.508 e. The van der Waals surface area contributed by atoms with Crippen LogP contribution in [0.2, 0.25) is 0 Å². The van der Waals surface area contributed by atoms with Gasteiger partial charge in [-0.2, -0.15) is 0 Å². The van der Waals surface area contributed by atoms with Gasteiger partial charge < -0.3 is 25.2 Å².